The van der Waals surface area contributed by atoms with E-state index in [-0.39, 0.29) is 17.3 Å². The minimum Gasteiger partial charge on any atom is -0.489 e. The molecule has 1 N–H and O–H groups in total. The third-order valence-corrected chi connectivity index (χ3v) is 4.41. The number of hydrogen-bond acceptors (Lipinski definition) is 7. The Kier molecular flexibility index (Phi) is 6.38. The maximum atomic E-state index is 12.6. The quantitative estimate of drug-likeness (QED) is 0.707. The van der Waals surface area contributed by atoms with Crippen molar-refractivity contribution in [1.82, 2.24) is 14.9 Å². The van der Waals surface area contributed by atoms with Crippen molar-refractivity contribution in [1.29, 1.82) is 0 Å². The number of para-hydroxylation sites is 2. The van der Waals surface area contributed by atoms with Gasteiger partial charge in [0.1, 0.15) is 18.1 Å². The average molecular weight is 386 g/mol. The zero-order valence-corrected chi connectivity index (χ0v) is 15.6. The van der Waals surface area contributed by atoms with Crippen molar-refractivity contribution in [2.45, 2.75) is 0 Å². The van der Waals surface area contributed by atoms with Gasteiger partial charge in [-0.2, -0.15) is 0 Å². The van der Waals surface area contributed by atoms with E-state index in [1.54, 1.807) is 12.0 Å². The Balaban J connectivity index is 1.61. The standard InChI is InChI=1S/C19H22N4O5/c1-27-10-11-28-17-5-3-2-4-16(17)22-6-8-23(9-7-22)18(24)14-12-21-15(13-20-14)19(25)26/h2-5,12-13H,6-11H2,1H3,(H,25,26). The van der Waals surface area contributed by atoms with Crippen molar-refractivity contribution >= 4 is 17.6 Å². The number of anilines is 1. The highest BCUT2D eigenvalue weighted by Crippen LogP contribution is 2.29. The second-order valence-electron chi connectivity index (χ2n) is 6.18. The lowest BCUT2D eigenvalue weighted by molar-refractivity contribution is 0.0684. The van der Waals surface area contributed by atoms with Gasteiger partial charge in [-0.1, -0.05) is 12.1 Å². The molecule has 1 aromatic carbocycles. The summed E-state index contributed by atoms with van der Waals surface area (Å²) in [6.45, 7) is 3.32. The van der Waals surface area contributed by atoms with E-state index < -0.39 is 5.97 Å². The number of carbonyl (C=O) groups is 2. The molecular formula is C19H22N4O5. The highest BCUT2D eigenvalue weighted by Gasteiger charge is 2.25. The fourth-order valence-electron chi connectivity index (χ4n) is 2.94. The zero-order valence-electron chi connectivity index (χ0n) is 15.6. The molecule has 0 radical (unpaired) electrons. The summed E-state index contributed by atoms with van der Waals surface area (Å²) in [7, 11) is 1.63. The van der Waals surface area contributed by atoms with Gasteiger partial charge < -0.3 is 24.4 Å². The van der Waals surface area contributed by atoms with Crippen LogP contribution in [0.25, 0.3) is 0 Å². The summed E-state index contributed by atoms with van der Waals surface area (Å²) < 4.78 is 10.8. The van der Waals surface area contributed by atoms with Gasteiger partial charge in [0.25, 0.3) is 5.91 Å². The number of aromatic nitrogens is 2. The molecule has 2 heterocycles. The molecule has 0 bridgehead atoms. The highest BCUT2D eigenvalue weighted by molar-refractivity contribution is 5.93. The van der Waals surface area contributed by atoms with Crippen molar-refractivity contribution in [3.8, 4) is 5.75 Å². The van der Waals surface area contributed by atoms with Crippen molar-refractivity contribution in [2.24, 2.45) is 0 Å². The predicted octanol–water partition coefficient (Wildman–Crippen LogP) is 1.16. The van der Waals surface area contributed by atoms with Gasteiger partial charge in [0.2, 0.25) is 0 Å². The van der Waals surface area contributed by atoms with Crippen molar-refractivity contribution in [3.05, 3.63) is 48.0 Å². The van der Waals surface area contributed by atoms with Gasteiger partial charge in [0.15, 0.2) is 5.69 Å². The van der Waals surface area contributed by atoms with E-state index >= 15 is 0 Å². The molecule has 1 saturated heterocycles. The smallest absolute Gasteiger partial charge is 0.356 e. The highest BCUT2D eigenvalue weighted by atomic mass is 16.5. The molecule has 0 unspecified atom stereocenters. The second-order valence-corrected chi connectivity index (χ2v) is 6.18. The first-order chi connectivity index (χ1) is 13.6. The summed E-state index contributed by atoms with van der Waals surface area (Å²) in [5.41, 5.74) is 0.935. The Morgan fingerprint density at radius 2 is 1.71 bits per heavy atom. The summed E-state index contributed by atoms with van der Waals surface area (Å²) in [5, 5.41) is 8.87. The Labute approximate surface area is 162 Å². The van der Waals surface area contributed by atoms with Crippen molar-refractivity contribution in [3.63, 3.8) is 0 Å². The van der Waals surface area contributed by atoms with Crippen molar-refractivity contribution < 1.29 is 24.2 Å². The molecule has 0 atom stereocenters. The SMILES string of the molecule is COCCOc1ccccc1N1CCN(C(=O)c2cnc(C(=O)O)cn2)CC1. The number of amides is 1. The number of carboxylic acid groups (broad SMARTS) is 1. The molecule has 1 amide bonds. The van der Waals surface area contributed by atoms with E-state index in [4.69, 9.17) is 14.6 Å². The number of carbonyl (C=O) groups excluding carboxylic acids is 1. The summed E-state index contributed by atoms with van der Waals surface area (Å²) in [6.07, 6.45) is 2.30. The van der Waals surface area contributed by atoms with Crippen LogP contribution in [-0.2, 0) is 4.74 Å². The van der Waals surface area contributed by atoms with Crippen LogP contribution in [0.15, 0.2) is 36.7 Å². The Morgan fingerprint density at radius 1 is 1.04 bits per heavy atom. The molecule has 1 aliphatic heterocycles. The lowest BCUT2D eigenvalue weighted by atomic mass is 10.2. The maximum absolute atomic E-state index is 12.6. The van der Waals surface area contributed by atoms with E-state index in [9.17, 15) is 9.59 Å². The van der Waals surface area contributed by atoms with Crippen LogP contribution in [0.4, 0.5) is 5.69 Å². The van der Waals surface area contributed by atoms with Gasteiger partial charge in [-0.3, -0.25) is 4.79 Å². The van der Waals surface area contributed by atoms with E-state index in [2.05, 4.69) is 14.9 Å². The molecule has 2 aromatic rings. The first kappa shape index (κ1) is 19.6. The van der Waals surface area contributed by atoms with Gasteiger partial charge in [0, 0.05) is 33.3 Å². The number of rotatable bonds is 7. The summed E-state index contributed by atoms with van der Waals surface area (Å²) >= 11 is 0. The first-order valence-electron chi connectivity index (χ1n) is 8.90. The van der Waals surface area contributed by atoms with E-state index in [1.807, 2.05) is 24.3 Å². The van der Waals surface area contributed by atoms with E-state index in [0.717, 1.165) is 17.6 Å². The monoisotopic (exact) mass is 386 g/mol. The molecule has 28 heavy (non-hydrogen) atoms. The van der Waals surface area contributed by atoms with Crippen LogP contribution in [0.1, 0.15) is 21.0 Å². The molecule has 1 aromatic heterocycles. The number of ether oxygens (including phenoxy) is 2. The van der Waals surface area contributed by atoms with Gasteiger partial charge in [-0.05, 0) is 12.1 Å². The fraction of sp³-hybridized carbons (Fsp3) is 0.368. The minimum absolute atomic E-state index is 0.141. The number of methoxy groups -OCH3 is 1. The molecule has 3 rings (SSSR count). The number of piperazine rings is 1. The van der Waals surface area contributed by atoms with E-state index in [1.165, 1.54) is 6.20 Å². The zero-order chi connectivity index (χ0) is 19.9. The van der Waals surface area contributed by atoms with Crippen LogP contribution < -0.4 is 9.64 Å². The summed E-state index contributed by atoms with van der Waals surface area (Å²) in [6, 6.07) is 7.79. The van der Waals surface area contributed by atoms with Gasteiger partial charge in [-0.15, -0.1) is 0 Å². The molecule has 1 aliphatic rings. The normalized spacial score (nSPS) is 14.0. The summed E-state index contributed by atoms with van der Waals surface area (Å²) in [4.78, 5) is 35.0. The van der Waals surface area contributed by atoms with Crippen LogP contribution in [0, 0.1) is 0 Å². The number of hydrogen-bond donors (Lipinski definition) is 1. The van der Waals surface area contributed by atoms with Crippen molar-refractivity contribution in [2.75, 3.05) is 51.4 Å². The number of benzene rings is 1. The number of aromatic carboxylic acids is 1. The topological polar surface area (TPSA) is 105 Å². The molecule has 1 fully saturated rings. The number of carboxylic acids is 1. The van der Waals surface area contributed by atoms with Crippen LogP contribution in [-0.4, -0.2) is 78.4 Å². The number of nitrogens with zero attached hydrogens (tertiary/aromatic N) is 4. The Bertz CT molecular complexity index is 819. The molecule has 0 aliphatic carbocycles. The predicted molar refractivity (Wildman–Crippen MR) is 101 cm³/mol. The summed E-state index contributed by atoms with van der Waals surface area (Å²) in [5.74, 6) is -0.644. The average Bonchev–Trinajstić information content (AvgIpc) is 2.74. The van der Waals surface area contributed by atoms with E-state index in [0.29, 0.717) is 39.4 Å². The molecule has 0 saturated carbocycles. The van der Waals surface area contributed by atoms with Crippen LogP contribution in [0.5, 0.6) is 5.75 Å². The largest absolute Gasteiger partial charge is 0.489 e. The third-order valence-electron chi connectivity index (χ3n) is 4.41. The first-order valence-corrected chi connectivity index (χ1v) is 8.90. The molecule has 9 nitrogen and oxygen atoms in total. The Morgan fingerprint density at radius 3 is 2.36 bits per heavy atom. The lowest BCUT2D eigenvalue weighted by Crippen LogP contribution is -2.49. The fourth-order valence-corrected chi connectivity index (χ4v) is 2.94. The molecular weight excluding hydrogens is 364 g/mol. The van der Waals surface area contributed by atoms with Gasteiger partial charge >= 0.3 is 5.97 Å². The van der Waals surface area contributed by atoms with Crippen LogP contribution in [0.3, 0.4) is 0 Å². The molecule has 9 heteroatoms. The van der Waals surface area contributed by atoms with Crippen LogP contribution >= 0.6 is 0 Å². The molecule has 148 valence electrons. The maximum Gasteiger partial charge on any atom is 0.356 e. The minimum atomic E-state index is -1.17. The van der Waals surface area contributed by atoms with Gasteiger partial charge in [0.05, 0.1) is 24.7 Å². The lowest BCUT2D eigenvalue weighted by Gasteiger charge is -2.36. The Hall–Kier alpha value is -3.20. The second kappa shape index (κ2) is 9.14. The van der Waals surface area contributed by atoms with Gasteiger partial charge in [-0.25, -0.2) is 14.8 Å². The molecule has 0 spiro atoms. The van der Waals surface area contributed by atoms with Crippen LogP contribution in [0.2, 0.25) is 0 Å². The third kappa shape index (κ3) is 4.55.